The van der Waals surface area contributed by atoms with Gasteiger partial charge in [-0.1, -0.05) is 64.1 Å². The van der Waals surface area contributed by atoms with E-state index >= 15 is 4.79 Å². The van der Waals surface area contributed by atoms with E-state index in [2.05, 4.69) is 64.1 Å². The summed E-state index contributed by atoms with van der Waals surface area (Å²) in [6.07, 6.45) is 15.5. The van der Waals surface area contributed by atoms with E-state index in [4.69, 9.17) is 4.74 Å². The van der Waals surface area contributed by atoms with E-state index in [9.17, 15) is 15.0 Å². The number of fused-ring (bicyclic) bond motifs is 4. The molecule has 7 heteroatoms. The average Bonchev–Trinajstić information content (AvgIpc) is 3.66. The number of nitrogens with zero attached hydrogens (tertiary/aromatic N) is 1. The fourth-order valence-corrected chi connectivity index (χ4v) is 15.0. The van der Waals surface area contributed by atoms with Crippen molar-refractivity contribution in [2.75, 3.05) is 19.7 Å². The van der Waals surface area contributed by atoms with Crippen LogP contribution in [0.5, 0.6) is 0 Å². The van der Waals surface area contributed by atoms with Crippen molar-refractivity contribution < 1.29 is 24.5 Å². The largest absolute Gasteiger partial charge is 0.450 e. The molecule has 1 unspecified atom stereocenters. The second-order valence-corrected chi connectivity index (χ2v) is 20.1. The highest BCUT2D eigenvalue weighted by Crippen LogP contribution is 2.78. The van der Waals surface area contributed by atoms with Crippen LogP contribution in [0.25, 0.3) is 10.1 Å². The predicted molar refractivity (Wildman–Crippen MR) is 201 cm³/mol. The van der Waals surface area contributed by atoms with Crippen LogP contribution in [0.4, 0.5) is 4.79 Å². The maximum Gasteiger partial charge on any atom is 0.409 e. The summed E-state index contributed by atoms with van der Waals surface area (Å²) in [7, 11) is 0. The third-order valence-corrected chi connectivity index (χ3v) is 18.2. The SMILES string of the molecule is CCOC(=O)N(C[C@@H]1CC[C@H]2C[C@@H]1C2(C)C)C[C@]1(O)CC[C@H]2[C@]34C=C[C@@]5(C=C3C(=O)c3cc6ccccc6s3)CC(O)CC[C@]5(C)[C@H]4CC[C@@]21C. The van der Waals surface area contributed by atoms with Crippen molar-refractivity contribution in [3.63, 3.8) is 0 Å². The molecule has 6 saturated carbocycles. The van der Waals surface area contributed by atoms with Gasteiger partial charge in [0.05, 0.1) is 29.7 Å². The molecule has 0 radical (unpaired) electrons. The molecule has 4 bridgehead atoms. The summed E-state index contributed by atoms with van der Waals surface area (Å²) >= 11 is 1.58. The number of benzene rings is 1. The van der Waals surface area contributed by atoms with E-state index in [1.165, 1.54) is 12.8 Å². The van der Waals surface area contributed by atoms with Crippen molar-refractivity contribution in [1.29, 1.82) is 0 Å². The van der Waals surface area contributed by atoms with Gasteiger partial charge in [0.15, 0.2) is 5.78 Å². The van der Waals surface area contributed by atoms with Crippen molar-refractivity contribution in [2.45, 2.75) is 111 Å². The second-order valence-electron chi connectivity index (χ2n) is 19.1. The van der Waals surface area contributed by atoms with Crippen molar-refractivity contribution in [3.05, 3.63) is 59.0 Å². The zero-order valence-corrected chi connectivity index (χ0v) is 32.1. The molecule has 6 fully saturated rings. The second kappa shape index (κ2) is 11.3. The highest BCUT2D eigenvalue weighted by Gasteiger charge is 2.74. The summed E-state index contributed by atoms with van der Waals surface area (Å²) < 4.78 is 6.81. The van der Waals surface area contributed by atoms with Gasteiger partial charge >= 0.3 is 6.09 Å². The lowest BCUT2D eigenvalue weighted by molar-refractivity contribution is -0.176. The third-order valence-electron chi connectivity index (χ3n) is 17.0. The van der Waals surface area contributed by atoms with E-state index in [0.29, 0.717) is 43.2 Å². The van der Waals surface area contributed by atoms with E-state index in [-0.39, 0.29) is 47.2 Å². The minimum Gasteiger partial charge on any atom is -0.450 e. The van der Waals surface area contributed by atoms with Gasteiger partial charge in [-0.25, -0.2) is 4.79 Å². The Balaban J connectivity index is 1.10. The topological polar surface area (TPSA) is 87.1 Å². The summed E-state index contributed by atoms with van der Waals surface area (Å²) in [5.74, 6) is 2.19. The molecule has 0 aliphatic heterocycles. The maximum atomic E-state index is 15.1. The number of ether oxygens (including phenoxy) is 1. The molecule has 9 aliphatic carbocycles. The van der Waals surface area contributed by atoms with Crippen LogP contribution in [-0.4, -0.2) is 58.4 Å². The van der Waals surface area contributed by atoms with E-state index in [1.54, 1.807) is 11.3 Å². The molecule has 1 heterocycles. The first kappa shape index (κ1) is 34.3. The number of thiophene rings is 1. The Morgan fingerprint density at radius 2 is 1.71 bits per heavy atom. The van der Waals surface area contributed by atoms with Crippen LogP contribution in [0.2, 0.25) is 0 Å². The van der Waals surface area contributed by atoms with Crippen molar-refractivity contribution in [3.8, 4) is 0 Å². The minimum atomic E-state index is -1.11. The van der Waals surface area contributed by atoms with Crippen LogP contribution >= 0.6 is 11.3 Å². The smallest absolute Gasteiger partial charge is 0.409 e. The molecular weight excluding hydrogens is 655 g/mol. The number of aliphatic hydroxyl groups excluding tert-OH is 1. The molecule has 9 aliphatic rings. The molecule has 0 saturated heterocycles. The summed E-state index contributed by atoms with van der Waals surface area (Å²) in [5, 5.41) is 25.3. The molecule has 11 rings (SSSR count). The van der Waals surface area contributed by atoms with Gasteiger partial charge in [0.2, 0.25) is 0 Å². The Morgan fingerprint density at radius 3 is 2.45 bits per heavy atom. The molecule has 1 amide bonds. The van der Waals surface area contributed by atoms with Crippen LogP contribution in [0.15, 0.2) is 54.1 Å². The Kier molecular flexibility index (Phi) is 7.58. The number of Topliss-reactive ketones (excluding diaryl/α,β-unsaturated/α-hetero) is 1. The van der Waals surface area contributed by atoms with Crippen molar-refractivity contribution >= 4 is 33.3 Å². The molecule has 1 aromatic heterocycles. The molecule has 6 nitrogen and oxygen atoms in total. The lowest BCUT2D eigenvalue weighted by Gasteiger charge is -2.71. The number of rotatable bonds is 7. The molecule has 51 heavy (non-hydrogen) atoms. The third kappa shape index (κ3) is 4.46. The van der Waals surface area contributed by atoms with Crippen LogP contribution in [0, 0.1) is 56.7 Å². The zero-order chi connectivity index (χ0) is 35.8. The fourth-order valence-electron chi connectivity index (χ4n) is 14.0. The first-order valence-corrected chi connectivity index (χ1v) is 20.8. The van der Waals surface area contributed by atoms with E-state index in [1.807, 2.05) is 24.0 Å². The standard InChI is InChI=1S/C44H57NO5S/c1-6-50-38(48)45(25-28-11-12-29-22-31(28)39(29,2)3)26-43(49)18-15-36-41(43,5)17-14-35-40(4)16-13-30(46)23-42(40)19-20-44(35,36)32(24-42)37(47)34-21-27-9-7-8-10-33(27)51-34/h7-10,19-21,24,28-31,35-36,46,49H,6,11-18,22-23,25-26H2,1-5H3/t28-,29-,30?,31-,35+,36+,40+,41-,42-,43+,44+/m0/s1. The number of hydrogen-bond acceptors (Lipinski definition) is 6. The molecule has 1 aromatic carbocycles. The Labute approximate surface area is 307 Å². The maximum absolute atomic E-state index is 15.1. The molecule has 2 N–H and O–H groups in total. The Hall–Kier alpha value is -2.48. The minimum absolute atomic E-state index is 0.0432. The van der Waals surface area contributed by atoms with Crippen LogP contribution in [-0.2, 0) is 4.74 Å². The first-order valence-electron chi connectivity index (χ1n) is 20.0. The van der Waals surface area contributed by atoms with Gasteiger partial charge in [-0.3, -0.25) is 4.79 Å². The quantitative estimate of drug-likeness (QED) is 0.221. The highest BCUT2D eigenvalue weighted by atomic mass is 32.1. The van der Waals surface area contributed by atoms with Gasteiger partial charge < -0.3 is 19.8 Å². The number of aliphatic hydroxyl groups is 2. The molecule has 2 aromatic rings. The molecular formula is C44H57NO5S. The number of carbonyl (C=O) groups excluding carboxylic acids is 2. The lowest BCUT2D eigenvalue weighted by atomic mass is 9.32. The summed E-state index contributed by atoms with van der Waals surface area (Å²) in [4.78, 5) is 31.5. The Bertz CT molecular complexity index is 1810. The predicted octanol–water partition coefficient (Wildman–Crippen LogP) is 9.21. The van der Waals surface area contributed by atoms with Crippen LogP contribution < -0.4 is 0 Å². The van der Waals surface area contributed by atoms with Gasteiger partial charge in [-0.05, 0) is 129 Å². The monoisotopic (exact) mass is 711 g/mol. The van der Waals surface area contributed by atoms with Crippen LogP contribution in [0.1, 0.15) is 108 Å². The number of hydrogen-bond donors (Lipinski definition) is 2. The van der Waals surface area contributed by atoms with Gasteiger partial charge in [0.1, 0.15) is 0 Å². The number of allylic oxidation sites excluding steroid dienone is 4. The molecule has 11 atom stereocenters. The lowest BCUT2D eigenvalue weighted by Crippen LogP contribution is -2.67. The summed E-state index contributed by atoms with van der Waals surface area (Å²) in [6, 6.07) is 10.3. The summed E-state index contributed by atoms with van der Waals surface area (Å²) in [6.45, 7) is 12.6. The van der Waals surface area contributed by atoms with Gasteiger partial charge in [-0.15, -0.1) is 11.3 Å². The van der Waals surface area contributed by atoms with Gasteiger partial charge in [-0.2, -0.15) is 0 Å². The molecule has 274 valence electrons. The molecule has 2 spiro atoms. The average molecular weight is 712 g/mol. The van der Waals surface area contributed by atoms with E-state index < -0.39 is 16.4 Å². The first-order chi connectivity index (χ1) is 24.2. The van der Waals surface area contributed by atoms with E-state index in [0.717, 1.165) is 65.0 Å². The van der Waals surface area contributed by atoms with Crippen molar-refractivity contribution in [1.82, 2.24) is 4.90 Å². The number of carbonyl (C=O) groups is 2. The number of ketones is 1. The fraction of sp³-hybridized carbons (Fsp3) is 0.682. The van der Waals surface area contributed by atoms with Gasteiger partial charge in [0.25, 0.3) is 0 Å². The highest BCUT2D eigenvalue weighted by molar-refractivity contribution is 7.21. The van der Waals surface area contributed by atoms with Gasteiger partial charge in [0, 0.05) is 33.1 Å². The summed E-state index contributed by atoms with van der Waals surface area (Å²) in [5.41, 5.74) is -1.39. The zero-order valence-electron chi connectivity index (χ0n) is 31.2. The normalized spacial score (nSPS) is 44.2. The van der Waals surface area contributed by atoms with Crippen LogP contribution in [0.3, 0.4) is 0 Å². The van der Waals surface area contributed by atoms with Crippen molar-refractivity contribution in [2.24, 2.45) is 56.7 Å². The number of amides is 1. The Morgan fingerprint density at radius 1 is 0.961 bits per heavy atom.